The summed E-state index contributed by atoms with van der Waals surface area (Å²) in [4.78, 5) is 25.7. The zero-order chi connectivity index (χ0) is 13.8. The van der Waals surface area contributed by atoms with Crippen LogP contribution in [0.2, 0.25) is 0 Å². The zero-order valence-electron chi connectivity index (χ0n) is 10.4. The Balaban J connectivity index is 2.03. The number of amides is 1. The van der Waals surface area contributed by atoms with Crippen molar-refractivity contribution in [1.82, 2.24) is 10.3 Å². The normalized spacial score (nSPS) is 13.7. The molecule has 8 nitrogen and oxygen atoms in total. The Kier molecular flexibility index (Phi) is 3.79. The van der Waals surface area contributed by atoms with Crippen molar-refractivity contribution in [2.24, 2.45) is 0 Å². The first-order valence-corrected chi connectivity index (χ1v) is 5.83. The summed E-state index contributed by atoms with van der Waals surface area (Å²) >= 11 is 0. The molecule has 102 valence electrons. The number of nitro groups is 1. The van der Waals surface area contributed by atoms with E-state index in [2.05, 4.69) is 15.6 Å². The van der Waals surface area contributed by atoms with E-state index in [0.29, 0.717) is 0 Å². The molecule has 2 N–H and O–H groups in total. The smallest absolute Gasteiger partial charge is 0.311 e. The van der Waals surface area contributed by atoms with Gasteiger partial charge in [-0.2, -0.15) is 4.98 Å². The number of methoxy groups -OCH3 is 1. The Bertz CT molecular complexity index is 501. The number of pyridine rings is 1. The van der Waals surface area contributed by atoms with Crippen LogP contribution in [0.4, 0.5) is 11.5 Å². The highest BCUT2D eigenvalue weighted by molar-refractivity contribution is 5.81. The zero-order valence-corrected chi connectivity index (χ0v) is 10.4. The maximum absolute atomic E-state index is 11.5. The second-order valence-corrected chi connectivity index (χ2v) is 4.17. The van der Waals surface area contributed by atoms with Crippen molar-refractivity contribution in [3.8, 4) is 5.88 Å². The average molecular weight is 266 g/mol. The van der Waals surface area contributed by atoms with Gasteiger partial charge in [0.25, 0.3) is 0 Å². The van der Waals surface area contributed by atoms with Crippen molar-refractivity contribution in [3.05, 3.63) is 22.2 Å². The van der Waals surface area contributed by atoms with Crippen LogP contribution in [0.5, 0.6) is 5.88 Å². The van der Waals surface area contributed by atoms with Gasteiger partial charge in [0.1, 0.15) is 0 Å². The van der Waals surface area contributed by atoms with Crippen molar-refractivity contribution in [2.75, 3.05) is 19.0 Å². The number of nitrogens with zero attached hydrogens (tertiary/aromatic N) is 2. The van der Waals surface area contributed by atoms with Gasteiger partial charge in [0.15, 0.2) is 0 Å². The molecule has 1 aliphatic rings. The highest BCUT2D eigenvalue weighted by Crippen LogP contribution is 2.24. The Hall–Kier alpha value is -2.38. The number of rotatable bonds is 6. The summed E-state index contributed by atoms with van der Waals surface area (Å²) < 4.78 is 4.90. The molecule has 1 saturated carbocycles. The van der Waals surface area contributed by atoms with Gasteiger partial charge in [-0.15, -0.1) is 0 Å². The first-order chi connectivity index (χ1) is 9.10. The number of hydrogen-bond donors (Lipinski definition) is 2. The van der Waals surface area contributed by atoms with Crippen LogP contribution in [0.1, 0.15) is 12.8 Å². The number of hydrogen-bond acceptors (Lipinski definition) is 6. The molecule has 0 spiro atoms. The Morgan fingerprint density at radius 3 is 2.89 bits per heavy atom. The molecule has 1 aromatic rings. The first kappa shape index (κ1) is 13.1. The number of carbonyl (C=O) groups excluding carboxylic acids is 1. The van der Waals surface area contributed by atoms with Crippen LogP contribution in [0.25, 0.3) is 0 Å². The van der Waals surface area contributed by atoms with E-state index in [1.807, 2.05) is 0 Å². The third-order valence-corrected chi connectivity index (χ3v) is 2.61. The number of aromatic nitrogens is 1. The predicted octanol–water partition coefficient (Wildman–Crippen LogP) is 0.689. The van der Waals surface area contributed by atoms with Crippen LogP contribution in [0, 0.1) is 10.1 Å². The van der Waals surface area contributed by atoms with Crippen LogP contribution in [-0.2, 0) is 4.79 Å². The Morgan fingerprint density at radius 2 is 2.32 bits per heavy atom. The van der Waals surface area contributed by atoms with Crippen molar-refractivity contribution < 1.29 is 14.5 Å². The molecule has 0 atom stereocenters. The van der Waals surface area contributed by atoms with E-state index in [9.17, 15) is 14.9 Å². The maximum Gasteiger partial charge on any atom is 0.311 e. The summed E-state index contributed by atoms with van der Waals surface area (Å²) in [6.45, 7) is -0.0580. The van der Waals surface area contributed by atoms with Crippen LogP contribution in [-0.4, -0.2) is 35.5 Å². The van der Waals surface area contributed by atoms with Crippen molar-refractivity contribution in [3.63, 3.8) is 0 Å². The van der Waals surface area contributed by atoms with E-state index in [1.54, 1.807) is 0 Å². The SMILES string of the molecule is COc1ccc([N+](=O)[O-])c(NCC(=O)NC2CC2)n1. The Labute approximate surface area is 109 Å². The van der Waals surface area contributed by atoms with Gasteiger partial charge >= 0.3 is 5.69 Å². The lowest BCUT2D eigenvalue weighted by Gasteiger charge is -2.08. The molecule has 0 unspecified atom stereocenters. The molecule has 1 aliphatic carbocycles. The minimum atomic E-state index is -0.562. The monoisotopic (exact) mass is 266 g/mol. The number of carbonyl (C=O) groups is 1. The van der Waals surface area contributed by atoms with Gasteiger partial charge in [-0.25, -0.2) is 0 Å². The maximum atomic E-state index is 11.5. The van der Waals surface area contributed by atoms with E-state index in [0.717, 1.165) is 12.8 Å². The summed E-state index contributed by atoms with van der Waals surface area (Å²) in [5, 5.41) is 16.3. The van der Waals surface area contributed by atoms with Crippen LogP contribution in [0.3, 0.4) is 0 Å². The molecule has 0 bridgehead atoms. The van der Waals surface area contributed by atoms with Crippen molar-refractivity contribution in [1.29, 1.82) is 0 Å². The summed E-state index contributed by atoms with van der Waals surface area (Å²) in [6.07, 6.45) is 1.98. The highest BCUT2D eigenvalue weighted by atomic mass is 16.6. The summed E-state index contributed by atoms with van der Waals surface area (Å²) in [5.74, 6) is 0.0624. The van der Waals surface area contributed by atoms with Gasteiger partial charge in [-0.05, 0) is 12.8 Å². The largest absolute Gasteiger partial charge is 0.481 e. The molecule has 1 amide bonds. The summed E-state index contributed by atoms with van der Waals surface area (Å²) in [5.41, 5.74) is -0.194. The van der Waals surface area contributed by atoms with Crippen LogP contribution < -0.4 is 15.4 Å². The lowest BCUT2D eigenvalue weighted by atomic mass is 10.3. The molecule has 1 fully saturated rings. The second kappa shape index (κ2) is 5.51. The molecule has 0 aliphatic heterocycles. The molecule has 0 radical (unpaired) electrons. The third kappa shape index (κ3) is 3.54. The standard InChI is InChI=1S/C11H14N4O4/c1-19-10-5-4-8(15(17)18)11(14-10)12-6-9(16)13-7-2-3-7/h4-5,7H,2-3,6H2,1H3,(H,12,14)(H,13,16). The minimum Gasteiger partial charge on any atom is -0.481 e. The first-order valence-electron chi connectivity index (χ1n) is 5.83. The van der Waals surface area contributed by atoms with Gasteiger partial charge in [0.2, 0.25) is 17.6 Å². The highest BCUT2D eigenvalue weighted by Gasteiger charge is 2.23. The van der Waals surface area contributed by atoms with E-state index >= 15 is 0 Å². The van der Waals surface area contributed by atoms with Crippen LogP contribution >= 0.6 is 0 Å². The molecule has 1 heterocycles. The van der Waals surface area contributed by atoms with E-state index < -0.39 is 4.92 Å². The van der Waals surface area contributed by atoms with Crippen molar-refractivity contribution in [2.45, 2.75) is 18.9 Å². The fraction of sp³-hybridized carbons (Fsp3) is 0.455. The number of anilines is 1. The molecule has 1 aromatic heterocycles. The topological polar surface area (TPSA) is 106 Å². The molecule has 2 rings (SSSR count). The van der Waals surface area contributed by atoms with Crippen molar-refractivity contribution >= 4 is 17.4 Å². The fourth-order valence-electron chi connectivity index (χ4n) is 1.50. The van der Waals surface area contributed by atoms with E-state index in [4.69, 9.17) is 4.74 Å². The molecule has 19 heavy (non-hydrogen) atoms. The van der Waals surface area contributed by atoms with Crippen LogP contribution in [0.15, 0.2) is 12.1 Å². The number of ether oxygens (including phenoxy) is 1. The summed E-state index contributed by atoms with van der Waals surface area (Å²) in [6, 6.07) is 2.93. The lowest BCUT2D eigenvalue weighted by Crippen LogP contribution is -2.31. The molecular formula is C11H14N4O4. The number of nitrogens with one attached hydrogen (secondary N) is 2. The quantitative estimate of drug-likeness (QED) is 0.579. The lowest BCUT2D eigenvalue weighted by molar-refractivity contribution is -0.384. The van der Waals surface area contributed by atoms with Gasteiger partial charge in [-0.3, -0.25) is 14.9 Å². The predicted molar refractivity (Wildman–Crippen MR) is 67.1 cm³/mol. The summed E-state index contributed by atoms with van der Waals surface area (Å²) in [7, 11) is 1.41. The molecule has 8 heteroatoms. The second-order valence-electron chi connectivity index (χ2n) is 4.17. The van der Waals surface area contributed by atoms with Gasteiger partial charge in [0.05, 0.1) is 18.6 Å². The minimum absolute atomic E-state index is 0.0234. The van der Waals surface area contributed by atoms with E-state index in [-0.39, 0.29) is 35.9 Å². The molecule has 0 saturated heterocycles. The average Bonchev–Trinajstić information content (AvgIpc) is 3.19. The van der Waals surface area contributed by atoms with Gasteiger partial charge in [0, 0.05) is 18.2 Å². The van der Waals surface area contributed by atoms with Gasteiger partial charge < -0.3 is 15.4 Å². The third-order valence-electron chi connectivity index (χ3n) is 2.61. The fourth-order valence-corrected chi connectivity index (χ4v) is 1.50. The van der Waals surface area contributed by atoms with Gasteiger partial charge in [-0.1, -0.05) is 0 Å². The van der Waals surface area contributed by atoms with E-state index in [1.165, 1.54) is 19.2 Å². The molecule has 0 aromatic carbocycles. The molecular weight excluding hydrogens is 252 g/mol. The Morgan fingerprint density at radius 1 is 1.58 bits per heavy atom.